The molecule has 0 saturated carbocycles. The number of aromatic nitrogens is 3. The predicted octanol–water partition coefficient (Wildman–Crippen LogP) is 3.80. The van der Waals surface area contributed by atoms with Gasteiger partial charge in [-0.25, -0.2) is 4.98 Å². The van der Waals surface area contributed by atoms with E-state index in [9.17, 15) is 0 Å². The maximum Gasteiger partial charge on any atom is 0.188 e. The molecule has 4 nitrogen and oxygen atoms in total. The Labute approximate surface area is 118 Å². The van der Waals surface area contributed by atoms with Crippen molar-refractivity contribution in [3.63, 3.8) is 0 Å². The summed E-state index contributed by atoms with van der Waals surface area (Å²) in [7, 11) is 0. The number of hydrogen-bond acceptors (Lipinski definition) is 4. The summed E-state index contributed by atoms with van der Waals surface area (Å²) in [5.41, 5.74) is 1.53. The Morgan fingerprint density at radius 1 is 1.21 bits per heavy atom. The lowest BCUT2D eigenvalue weighted by Gasteiger charge is -2.18. The Kier molecular flexibility index (Phi) is 4.47. The molecule has 0 amide bonds. The normalized spacial score (nSPS) is 11.5. The van der Waals surface area contributed by atoms with Crippen LogP contribution < -0.4 is 5.32 Å². The van der Waals surface area contributed by atoms with Crippen LogP contribution in [0.2, 0.25) is 0 Å². The van der Waals surface area contributed by atoms with Crippen LogP contribution >= 0.6 is 11.8 Å². The molecule has 2 N–H and O–H groups in total. The molecule has 0 radical (unpaired) electrons. The molecule has 0 unspecified atom stereocenters. The highest BCUT2D eigenvalue weighted by Gasteiger charge is 2.08. The van der Waals surface area contributed by atoms with Crippen molar-refractivity contribution >= 4 is 17.4 Å². The fraction of sp³-hybridized carbons (Fsp3) is 0.429. The van der Waals surface area contributed by atoms with Crippen LogP contribution in [0.5, 0.6) is 0 Å². The Hall–Kier alpha value is -1.49. The molecule has 0 saturated heterocycles. The van der Waals surface area contributed by atoms with E-state index in [1.165, 1.54) is 6.33 Å². The average molecular weight is 276 g/mol. The molecule has 1 heterocycles. The highest BCUT2D eigenvalue weighted by atomic mass is 32.2. The first-order valence-electron chi connectivity index (χ1n) is 6.40. The molecule has 2 rings (SSSR count). The highest BCUT2D eigenvalue weighted by molar-refractivity contribution is 7.99. The maximum absolute atomic E-state index is 4.09. The van der Waals surface area contributed by atoms with Gasteiger partial charge in [0.2, 0.25) is 0 Å². The third kappa shape index (κ3) is 4.95. The van der Waals surface area contributed by atoms with Gasteiger partial charge in [0.15, 0.2) is 5.16 Å². The summed E-state index contributed by atoms with van der Waals surface area (Å²) in [6.07, 6.45) is 2.67. The van der Waals surface area contributed by atoms with Crippen LogP contribution in [0.1, 0.15) is 27.2 Å². The SMILES string of the molecule is CC(C)(C)CCNc1ccc(Sc2ncn[nH]2)cc1. The van der Waals surface area contributed by atoms with Gasteiger partial charge < -0.3 is 5.32 Å². The van der Waals surface area contributed by atoms with Crippen LogP contribution in [0.25, 0.3) is 0 Å². The van der Waals surface area contributed by atoms with E-state index >= 15 is 0 Å². The first-order valence-corrected chi connectivity index (χ1v) is 7.22. The second kappa shape index (κ2) is 6.10. The molecule has 19 heavy (non-hydrogen) atoms. The van der Waals surface area contributed by atoms with Crippen molar-refractivity contribution in [2.45, 2.75) is 37.2 Å². The summed E-state index contributed by atoms with van der Waals surface area (Å²) in [6, 6.07) is 8.38. The van der Waals surface area contributed by atoms with Crippen LogP contribution in [0.15, 0.2) is 40.6 Å². The minimum atomic E-state index is 0.370. The number of hydrogen-bond donors (Lipinski definition) is 2. The third-order valence-corrected chi connectivity index (χ3v) is 3.56. The zero-order valence-corrected chi connectivity index (χ0v) is 12.4. The first kappa shape index (κ1) is 13.9. The van der Waals surface area contributed by atoms with Gasteiger partial charge in [-0.2, -0.15) is 5.10 Å². The molecule has 1 aromatic carbocycles. The lowest BCUT2D eigenvalue weighted by molar-refractivity contribution is 0.390. The molecule has 1 aromatic heterocycles. The van der Waals surface area contributed by atoms with Gasteiger partial charge in [-0.15, -0.1) is 0 Å². The molecule has 0 atom stereocenters. The Bertz CT molecular complexity index is 485. The van der Waals surface area contributed by atoms with Gasteiger partial charge >= 0.3 is 0 Å². The van der Waals surface area contributed by atoms with Crippen molar-refractivity contribution < 1.29 is 0 Å². The number of nitrogens with zero attached hydrogens (tertiary/aromatic N) is 2. The summed E-state index contributed by atoms with van der Waals surface area (Å²) in [5.74, 6) is 0. The first-order chi connectivity index (χ1) is 9.03. The number of anilines is 1. The molecule has 0 aliphatic heterocycles. The number of benzene rings is 1. The Morgan fingerprint density at radius 2 is 1.95 bits per heavy atom. The molecule has 2 aromatic rings. The van der Waals surface area contributed by atoms with Gasteiger partial charge in [0.25, 0.3) is 0 Å². The van der Waals surface area contributed by atoms with Gasteiger partial charge in [-0.05, 0) is 36.1 Å². The summed E-state index contributed by atoms with van der Waals surface area (Å²) in [6.45, 7) is 7.77. The summed E-state index contributed by atoms with van der Waals surface area (Å²) < 4.78 is 0. The van der Waals surface area contributed by atoms with Crippen LogP contribution in [0, 0.1) is 5.41 Å². The van der Waals surface area contributed by atoms with Crippen molar-refractivity contribution in [3.8, 4) is 0 Å². The second-order valence-corrected chi connectivity index (χ2v) is 6.72. The van der Waals surface area contributed by atoms with E-state index in [1.807, 2.05) is 0 Å². The van der Waals surface area contributed by atoms with E-state index < -0.39 is 0 Å². The lowest BCUT2D eigenvalue weighted by Crippen LogP contribution is -2.12. The van der Waals surface area contributed by atoms with E-state index in [1.54, 1.807) is 11.8 Å². The summed E-state index contributed by atoms with van der Waals surface area (Å²) in [4.78, 5) is 5.24. The fourth-order valence-corrected chi connectivity index (χ4v) is 2.27. The number of H-pyrrole nitrogens is 1. The Balaban J connectivity index is 1.84. The van der Waals surface area contributed by atoms with E-state index in [0.717, 1.165) is 28.7 Å². The lowest BCUT2D eigenvalue weighted by atomic mass is 9.92. The van der Waals surface area contributed by atoms with Crippen LogP contribution in [-0.2, 0) is 0 Å². The molecule has 0 bridgehead atoms. The second-order valence-electron chi connectivity index (χ2n) is 5.65. The molecule has 0 aliphatic rings. The highest BCUT2D eigenvalue weighted by Crippen LogP contribution is 2.25. The van der Waals surface area contributed by atoms with E-state index in [4.69, 9.17) is 0 Å². The average Bonchev–Trinajstić information content (AvgIpc) is 2.83. The fourth-order valence-electron chi connectivity index (χ4n) is 1.58. The van der Waals surface area contributed by atoms with E-state index in [-0.39, 0.29) is 0 Å². The number of nitrogens with one attached hydrogen (secondary N) is 2. The smallest absolute Gasteiger partial charge is 0.188 e. The Morgan fingerprint density at radius 3 is 2.53 bits per heavy atom. The third-order valence-electron chi connectivity index (χ3n) is 2.67. The van der Waals surface area contributed by atoms with Gasteiger partial charge in [0.05, 0.1) is 0 Å². The van der Waals surface area contributed by atoms with Crippen LogP contribution in [0.3, 0.4) is 0 Å². The molecule has 5 heteroatoms. The van der Waals surface area contributed by atoms with Crippen molar-refractivity contribution in [1.82, 2.24) is 15.2 Å². The molecule has 102 valence electrons. The van der Waals surface area contributed by atoms with Gasteiger partial charge in [-0.3, -0.25) is 5.10 Å². The minimum Gasteiger partial charge on any atom is -0.385 e. The topological polar surface area (TPSA) is 53.6 Å². The van der Waals surface area contributed by atoms with Crippen LogP contribution in [0.4, 0.5) is 5.69 Å². The largest absolute Gasteiger partial charge is 0.385 e. The van der Waals surface area contributed by atoms with Crippen LogP contribution in [-0.4, -0.2) is 21.7 Å². The van der Waals surface area contributed by atoms with Gasteiger partial charge in [0, 0.05) is 17.1 Å². The van der Waals surface area contributed by atoms with E-state index in [2.05, 4.69) is 65.5 Å². The molecule has 0 aliphatic carbocycles. The summed E-state index contributed by atoms with van der Waals surface area (Å²) in [5, 5.41) is 10.9. The molecule has 0 fully saturated rings. The number of rotatable bonds is 5. The summed E-state index contributed by atoms with van der Waals surface area (Å²) >= 11 is 1.57. The minimum absolute atomic E-state index is 0.370. The van der Waals surface area contributed by atoms with Crippen molar-refractivity contribution in [1.29, 1.82) is 0 Å². The zero-order valence-electron chi connectivity index (χ0n) is 11.6. The zero-order chi connectivity index (χ0) is 13.7. The predicted molar refractivity (Wildman–Crippen MR) is 79.5 cm³/mol. The standard InChI is InChI=1S/C14H20N4S/c1-14(2,3)8-9-15-11-4-6-12(7-5-11)19-13-16-10-17-18-13/h4-7,10,15H,8-9H2,1-3H3,(H,16,17,18). The monoisotopic (exact) mass is 276 g/mol. The van der Waals surface area contributed by atoms with Crippen molar-refractivity contribution in [2.75, 3.05) is 11.9 Å². The van der Waals surface area contributed by atoms with E-state index in [0.29, 0.717) is 5.41 Å². The van der Waals surface area contributed by atoms with Crippen molar-refractivity contribution in [3.05, 3.63) is 30.6 Å². The number of aromatic amines is 1. The molecular weight excluding hydrogens is 256 g/mol. The van der Waals surface area contributed by atoms with Gasteiger partial charge in [-0.1, -0.05) is 32.5 Å². The van der Waals surface area contributed by atoms with Crippen molar-refractivity contribution in [2.24, 2.45) is 5.41 Å². The quantitative estimate of drug-likeness (QED) is 0.872. The molecular formula is C14H20N4S. The van der Waals surface area contributed by atoms with Gasteiger partial charge in [0.1, 0.15) is 6.33 Å². The molecule has 0 spiro atoms. The maximum atomic E-state index is 4.09.